The molecule has 1 unspecified atom stereocenters. The molecule has 1 N–H and O–H groups in total. The quantitative estimate of drug-likeness (QED) is 0.756. The maximum atomic E-state index is 4.66. The summed E-state index contributed by atoms with van der Waals surface area (Å²) in [6, 6.07) is 2.55. The molecule has 1 aromatic rings. The van der Waals surface area contributed by atoms with Crippen LogP contribution in [0.4, 0.5) is 11.6 Å². The molecule has 0 aliphatic carbocycles. The van der Waals surface area contributed by atoms with Crippen molar-refractivity contribution in [2.24, 2.45) is 0 Å². The molecular weight excluding hydrogens is 268 g/mol. The Labute approximate surface area is 127 Å². The van der Waals surface area contributed by atoms with E-state index in [0.29, 0.717) is 6.04 Å². The number of aryl methyl sites for hydroxylation is 1. The summed E-state index contributed by atoms with van der Waals surface area (Å²) in [6.45, 7) is 7.46. The molecular formula is C15H28N4S. The lowest BCUT2D eigenvalue weighted by Gasteiger charge is -2.26. The van der Waals surface area contributed by atoms with Gasteiger partial charge in [-0.25, -0.2) is 9.97 Å². The summed E-state index contributed by atoms with van der Waals surface area (Å²) in [7, 11) is 2.12. The second-order valence-electron chi connectivity index (χ2n) is 5.05. The maximum absolute atomic E-state index is 4.66. The molecule has 1 rings (SSSR count). The van der Waals surface area contributed by atoms with Crippen molar-refractivity contribution in [2.45, 2.75) is 46.1 Å². The van der Waals surface area contributed by atoms with E-state index >= 15 is 0 Å². The Bertz CT molecular complexity index is 397. The summed E-state index contributed by atoms with van der Waals surface area (Å²) < 4.78 is 0. The number of thioether (sulfide) groups is 1. The van der Waals surface area contributed by atoms with Gasteiger partial charge in [0.05, 0.1) is 0 Å². The Hall–Kier alpha value is -0.970. The Balaban J connectivity index is 2.85. The molecule has 0 radical (unpaired) electrons. The van der Waals surface area contributed by atoms with Gasteiger partial charge in [-0.3, -0.25) is 0 Å². The number of anilines is 2. The van der Waals surface area contributed by atoms with E-state index in [1.54, 1.807) is 0 Å². The molecule has 0 saturated carbocycles. The molecule has 1 heterocycles. The average Bonchev–Trinajstić information content (AvgIpc) is 2.49. The summed E-state index contributed by atoms with van der Waals surface area (Å²) in [5.41, 5.74) is 0. The van der Waals surface area contributed by atoms with Crippen LogP contribution in [0.25, 0.3) is 0 Å². The topological polar surface area (TPSA) is 41.0 Å². The van der Waals surface area contributed by atoms with Gasteiger partial charge >= 0.3 is 0 Å². The van der Waals surface area contributed by atoms with Gasteiger partial charge in [0.1, 0.15) is 17.5 Å². The maximum Gasteiger partial charge on any atom is 0.134 e. The SMILES string of the molecule is CCCNc1cc(N(C)C(C)CCSC)nc(CC)n1. The largest absolute Gasteiger partial charge is 0.370 e. The van der Waals surface area contributed by atoms with Crippen LogP contribution in [0.15, 0.2) is 6.07 Å². The van der Waals surface area contributed by atoms with Crippen LogP contribution in [0.5, 0.6) is 0 Å². The third kappa shape index (κ3) is 5.19. The fourth-order valence-electron chi connectivity index (χ4n) is 1.87. The molecule has 0 bridgehead atoms. The molecule has 0 spiro atoms. The van der Waals surface area contributed by atoms with Crippen molar-refractivity contribution in [3.8, 4) is 0 Å². The number of aromatic nitrogens is 2. The summed E-state index contributed by atoms with van der Waals surface area (Å²) in [6.07, 6.45) is 5.28. The van der Waals surface area contributed by atoms with E-state index in [4.69, 9.17) is 0 Å². The number of nitrogens with one attached hydrogen (secondary N) is 1. The van der Waals surface area contributed by atoms with Crippen LogP contribution < -0.4 is 10.2 Å². The number of nitrogens with zero attached hydrogens (tertiary/aromatic N) is 3. The van der Waals surface area contributed by atoms with E-state index in [2.05, 4.69) is 60.3 Å². The van der Waals surface area contributed by atoms with Crippen molar-refractivity contribution < 1.29 is 0 Å². The fourth-order valence-corrected chi connectivity index (χ4v) is 2.45. The van der Waals surface area contributed by atoms with Crippen molar-refractivity contribution >= 4 is 23.4 Å². The normalized spacial score (nSPS) is 12.2. The van der Waals surface area contributed by atoms with Crippen molar-refractivity contribution in [1.82, 2.24) is 9.97 Å². The first-order valence-corrected chi connectivity index (χ1v) is 8.85. The van der Waals surface area contributed by atoms with Crippen molar-refractivity contribution in [1.29, 1.82) is 0 Å². The van der Waals surface area contributed by atoms with E-state index in [9.17, 15) is 0 Å². The standard InChI is InChI=1S/C15H28N4S/c1-6-9-16-14-11-15(18-13(7-2)17-14)19(4)12(3)8-10-20-5/h11-12H,6-10H2,1-5H3,(H,16,17,18). The second kappa shape index (κ2) is 9.06. The minimum absolute atomic E-state index is 0.487. The molecule has 0 aromatic carbocycles. The van der Waals surface area contributed by atoms with Crippen molar-refractivity contribution in [2.75, 3.05) is 35.8 Å². The van der Waals surface area contributed by atoms with Crippen LogP contribution in [0.2, 0.25) is 0 Å². The Kier molecular flexibility index (Phi) is 7.73. The van der Waals surface area contributed by atoms with Crippen LogP contribution in [-0.4, -0.2) is 41.6 Å². The third-order valence-electron chi connectivity index (χ3n) is 3.39. The highest BCUT2D eigenvalue weighted by molar-refractivity contribution is 7.98. The molecule has 0 amide bonds. The van der Waals surface area contributed by atoms with Gasteiger partial charge in [-0.1, -0.05) is 13.8 Å². The van der Waals surface area contributed by atoms with Crippen LogP contribution in [0, 0.1) is 0 Å². The summed E-state index contributed by atoms with van der Waals surface area (Å²) in [4.78, 5) is 11.5. The predicted octanol–water partition coefficient (Wildman–Crippen LogP) is 3.44. The van der Waals surface area contributed by atoms with E-state index < -0.39 is 0 Å². The monoisotopic (exact) mass is 296 g/mol. The zero-order valence-electron chi connectivity index (χ0n) is 13.4. The molecule has 1 atom stereocenters. The average molecular weight is 296 g/mol. The molecule has 1 aromatic heterocycles. The van der Waals surface area contributed by atoms with Gasteiger partial charge in [-0.05, 0) is 31.8 Å². The predicted molar refractivity (Wildman–Crippen MR) is 91.1 cm³/mol. The van der Waals surface area contributed by atoms with Crippen LogP contribution in [0.3, 0.4) is 0 Å². The molecule has 0 saturated heterocycles. The number of hydrogen-bond donors (Lipinski definition) is 1. The molecule has 4 nitrogen and oxygen atoms in total. The molecule has 0 aliphatic heterocycles. The fraction of sp³-hybridized carbons (Fsp3) is 0.733. The van der Waals surface area contributed by atoms with Gasteiger partial charge in [-0.2, -0.15) is 11.8 Å². The van der Waals surface area contributed by atoms with Gasteiger partial charge in [0, 0.05) is 32.1 Å². The lowest BCUT2D eigenvalue weighted by atomic mass is 10.2. The Morgan fingerprint density at radius 1 is 1.35 bits per heavy atom. The summed E-state index contributed by atoms with van der Waals surface area (Å²) >= 11 is 1.89. The first-order valence-electron chi connectivity index (χ1n) is 7.45. The Morgan fingerprint density at radius 2 is 2.10 bits per heavy atom. The number of rotatable bonds is 9. The smallest absolute Gasteiger partial charge is 0.134 e. The van der Waals surface area contributed by atoms with Gasteiger partial charge in [0.2, 0.25) is 0 Å². The lowest BCUT2D eigenvalue weighted by Crippen LogP contribution is -2.30. The minimum Gasteiger partial charge on any atom is -0.370 e. The van der Waals surface area contributed by atoms with Gasteiger partial charge in [0.15, 0.2) is 0 Å². The molecule has 20 heavy (non-hydrogen) atoms. The number of hydrogen-bond acceptors (Lipinski definition) is 5. The van der Waals surface area contributed by atoms with Gasteiger partial charge in [-0.15, -0.1) is 0 Å². The van der Waals surface area contributed by atoms with Crippen LogP contribution in [-0.2, 0) is 6.42 Å². The summed E-state index contributed by atoms with van der Waals surface area (Å²) in [5.74, 6) is 4.05. The molecule has 0 fully saturated rings. The van der Waals surface area contributed by atoms with Crippen molar-refractivity contribution in [3.05, 3.63) is 11.9 Å². The second-order valence-corrected chi connectivity index (χ2v) is 6.03. The highest BCUT2D eigenvalue weighted by Gasteiger charge is 2.13. The van der Waals surface area contributed by atoms with E-state index in [1.807, 2.05) is 11.8 Å². The summed E-state index contributed by atoms with van der Waals surface area (Å²) in [5, 5.41) is 3.36. The zero-order chi connectivity index (χ0) is 15.0. The highest BCUT2D eigenvalue weighted by Crippen LogP contribution is 2.19. The van der Waals surface area contributed by atoms with Gasteiger partial charge < -0.3 is 10.2 Å². The van der Waals surface area contributed by atoms with Crippen LogP contribution in [0.1, 0.15) is 39.4 Å². The van der Waals surface area contributed by atoms with E-state index in [1.165, 1.54) is 12.2 Å². The van der Waals surface area contributed by atoms with E-state index in [-0.39, 0.29) is 0 Å². The Morgan fingerprint density at radius 3 is 2.70 bits per heavy atom. The zero-order valence-corrected chi connectivity index (χ0v) is 14.3. The van der Waals surface area contributed by atoms with Crippen LogP contribution >= 0.6 is 11.8 Å². The highest BCUT2D eigenvalue weighted by atomic mass is 32.2. The first kappa shape index (κ1) is 17.1. The first-order chi connectivity index (χ1) is 9.62. The van der Waals surface area contributed by atoms with E-state index in [0.717, 1.165) is 36.8 Å². The van der Waals surface area contributed by atoms with Gasteiger partial charge in [0.25, 0.3) is 0 Å². The molecule has 0 aliphatic rings. The van der Waals surface area contributed by atoms with Crippen molar-refractivity contribution in [3.63, 3.8) is 0 Å². The minimum atomic E-state index is 0.487. The molecule has 5 heteroatoms. The molecule has 114 valence electrons. The third-order valence-corrected chi connectivity index (χ3v) is 4.04. The lowest BCUT2D eigenvalue weighted by molar-refractivity contribution is 0.659.